The molecule has 0 aromatic heterocycles. The summed E-state index contributed by atoms with van der Waals surface area (Å²) in [6.07, 6.45) is 2.92. The van der Waals surface area contributed by atoms with Crippen LogP contribution in [-0.4, -0.2) is 30.4 Å². The number of carboxylic acid groups (broad SMARTS) is 1. The molecule has 0 heterocycles. The van der Waals surface area contributed by atoms with Crippen LogP contribution in [-0.2, 0) is 11.2 Å². The first kappa shape index (κ1) is 14.8. The van der Waals surface area contributed by atoms with Crippen molar-refractivity contribution in [1.82, 2.24) is 0 Å². The van der Waals surface area contributed by atoms with E-state index in [2.05, 4.69) is 0 Å². The molecular weight excluding hydrogens is 261 g/mol. The van der Waals surface area contributed by atoms with Crippen molar-refractivity contribution in [3.63, 3.8) is 0 Å². The lowest BCUT2D eigenvalue weighted by molar-refractivity contribution is -0.138. The summed E-state index contributed by atoms with van der Waals surface area (Å²) in [6, 6.07) is 4.77. The van der Waals surface area contributed by atoms with Crippen LogP contribution in [0.4, 0.5) is 4.39 Å². The van der Waals surface area contributed by atoms with Crippen LogP contribution < -0.4 is 10.5 Å². The molecule has 110 valence electrons. The van der Waals surface area contributed by atoms with Crippen LogP contribution in [0.5, 0.6) is 5.75 Å². The standard InChI is InChI=1S/C15H20FNO3/c16-6-1-7-20-12-4-5-13(10-2-3-10)11(8-12)9-14(17)15(18)19/h4-5,8,10,14H,1-3,6-7,9,17H2,(H,18,19). The van der Waals surface area contributed by atoms with E-state index < -0.39 is 18.7 Å². The molecule has 0 saturated heterocycles. The van der Waals surface area contributed by atoms with Gasteiger partial charge in [0.25, 0.3) is 0 Å². The summed E-state index contributed by atoms with van der Waals surface area (Å²) in [4.78, 5) is 10.9. The van der Waals surface area contributed by atoms with Gasteiger partial charge in [-0.15, -0.1) is 0 Å². The molecule has 1 aromatic carbocycles. The highest BCUT2D eigenvalue weighted by Crippen LogP contribution is 2.42. The molecule has 2 rings (SSSR count). The molecule has 0 amide bonds. The third-order valence-electron chi connectivity index (χ3n) is 3.44. The Kier molecular flexibility index (Phi) is 4.95. The van der Waals surface area contributed by atoms with Crippen LogP contribution >= 0.6 is 0 Å². The average molecular weight is 281 g/mol. The van der Waals surface area contributed by atoms with Gasteiger partial charge in [0.1, 0.15) is 11.8 Å². The highest BCUT2D eigenvalue weighted by molar-refractivity contribution is 5.73. The monoisotopic (exact) mass is 281 g/mol. The Hall–Kier alpha value is -1.62. The Morgan fingerprint density at radius 1 is 1.50 bits per heavy atom. The van der Waals surface area contributed by atoms with E-state index in [-0.39, 0.29) is 0 Å². The SMILES string of the molecule is NC(Cc1cc(OCCCF)ccc1C1CC1)C(=O)O. The maximum Gasteiger partial charge on any atom is 0.320 e. The van der Waals surface area contributed by atoms with E-state index >= 15 is 0 Å². The molecule has 20 heavy (non-hydrogen) atoms. The summed E-state index contributed by atoms with van der Waals surface area (Å²) in [6.45, 7) is -0.0827. The molecule has 1 atom stereocenters. The summed E-state index contributed by atoms with van der Waals surface area (Å²) in [5.74, 6) is 0.164. The molecule has 1 fully saturated rings. The first-order valence-electron chi connectivity index (χ1n) is 6.91. The topological polar surface area (TPSA) is 72.5 Å². The molecule has 0 spiro atoms. The predicted molar refractivity (Wildman–Crippen MR) is 73.8 cm³/mol. The summed E-state index contributed by atoms with van der Waals surface area (Å²) >= 11 is 0. The lowest BCUT2D eigenvalue weighted by atomic mass is 9.97. The van der Waals surface area contributed by atoms with Crippen molar-refractivity contribution in [3.05, 3.63) is 29.3 Å². The maximum atomic E-state index is 12.1. The lowest BCUT2D eigenvalue weighted by Crippen LogP contribution is -2.32. The van der Waals surface area contributed by atoms with E-state index in [0.717, 1.165) is 18.4 Å². The molecule has 1 unspecified atom stereocenters. The fourth-order valence-electron chi connectivity index (χ4n) is 2.21. The number of carboxylic acids is 1. The Bertz CT molecular complexity index is 474. The minimum absolute atomic E-state index is 0.293. The molecule has 5 heteroatoms. The Balaban J connectivity index is 2.11. The number of halogens is 1. The van der Waals surface area contributed by atoms with Crippen LogP contribution in [0.25, 0.3) is 0 Å². The molecule has 1 aliphatic carbocycles. The fourth-order valence-corrected chi connectivity index (χ4v) is 2.21. The van der Waals surface area contributed by atoms with Crippen LogP contribution in [0.15, 0.2) is 18.2 Å². The fraction of sp³-hybridized carbons (Fsp3) is 0.533. The number of nitrogens with two attached hydrogens (primary N) is 1. The van der Waals surface area contributed by atoms with Crippen molar-refractivity contribution in [2.45, 2.75) is 37.6 Å². The number of hydrogen-bond acceptors (Lipinski definition) is 3. The van der Waals surface area contributed by atoms with E-state index in [1.807, 2.05) is 18.2 Å². The second kappa shape index (κ2) is 6.70. The van der Waals surface area contributed by atoms with Gasteiger partial charge in [-0.05, 0) is 48.4 Å². The first-order chi connectivity index (χ1) is 9.61. The van der Waals surface area contributed by atoms with Gasteiger partial charge in [0, 0.05) is 6.42 Å². The van der Waals surface area contributed by atoms with Gasteiger partial charge in [-0.25, -0.2) is 0 Å². The number of alkyl halides is 1. The summed E-state index contributed by atoms with van der Waals surface area (Å²) in [5.41, 5.74) is 7.72. The van der Waals surface area contributed by atoms with Crippen LogP contribution in [0.3, 0.4) is 0 Å². The summed E-state index contributed by atoms with van der Waals surface area (Å²) in [5, 5.41) is 8.93. The van der Waals surface area contributed by atoms with Gasteiger partial charge in [-0.3, -0.25) is 9.18 Å². The molecule has 0 aliphatic heterocycles. The smallest absolute Gasteiger partial charge is 0.320 e. The molecule has 1 saturated carbocycles. The normalized spacial score (nSPS) is 15.9. The summed E-state index contributed by atoms with van der Waals surface area (Å²) in [7, 11) is 0. The van der Waals surface area contributed by atoms with Crippen LogP contribution in [0.2, 0.25) is 0 Å². The van der Waals surface area contributed by atoms with E-state index in [4.69, 9.17) is 15.6 Å². The zero-order chi connectivity index (χ0) is 14.5. The average Bonchev–Trinajstić information content (AvgIpc) is 3.23. The van der Waals surface area contributed by atoms with Gasteiger partial charge < -0.3 is 15.6 Å². The summed E-state index contributed by atoms with van der Waals surface area (Å²) < 4.78 is 17.5. The predicted octanol–water partition coefficient (Wildman–Crippen LogP) is 2.26. The van der Waals surface area contributed by atoms with Crippen molar-refractivity contribution >= 4 is 5.97 Å². The van der Waals surface area contributed by atoms with Gasteiger partial charge in [0.15, 0.2) is 0 Å². The first-order valence-corrected chi connectivity index (χ1v) is 6.91. The number of hydrogen-bond donors (Lipinski definition) is 2. The van der Waals surface area contributed by atoms with Crippen LogP contribution in [0, 0.1) is 0 Å². The maximum absolute atomic E-state index is 12.1. The molecule has 0 bridgehead atoms. The third kappa shape index (κ3) is 3.93. The molecule has 1 aromatic rings. The highest BCUT2D eigenvalue weighted by atomic mass is 19.1. The largest absolute Gasteiger partial charge is 0.493 e. The zero-order valence-corrected chi connectivity index (χ0v) is 11.3. The number of aliphatic carboxylic acids is 1. The van der Waals surface area contributed by atoms with Gasteiger partial charge >= 0.3 is 5.97 Å². The Morgan fingerprint density at radius 2 is 2.25 bits per heavy atom. The second-order valence-electron chi connectivity index (χ2n) is 5.17. The van der Waals surface area contributed by atoms with E-state index in [0.29, 0.717) is 31.1 Å². The van der Waals surface area contributed by atoms with Crippen LogP contribution in [0.1, 0.15) is 36.3 Å². The van der Waals surface area contributed by atoms with Crippen molar-refractivity contribution in [3.8, 4) is 5.75 Å². The minimum atomic E-state index is -1.00. The van der Waals surface area contributed by atoms with Crippen molar-refractivity contribution < 1.29 is 19.0 Å². The molecule has 0 radical (unpaired) electrons. The van der Waals surface area contributed by atoms with Gasteiger partial charge in [0.05, 0.1) is 13.3 Å². The second-order valence-corrected chi connectivity index (χ2v) is 5.17. The van der Waals surface area contributed by atoms with Gasteiger partial charge in [-0.2, -0.15) is 0 Å². The van der Waals surface area contributed by atoms with E-state index in [1.165, 1.54) is 5.56 Å². The third-order valence-corrected chi connectivity index (χ3v) is 3.44. The Morgan fingerprint density at radius 3 is 2.85 bits per heavy atom. The van der Waals surface area contributed by atoms with Crippen molar-refractivity contribution in [2.75, 3.05) is 13.3 Å². The number of rotatable bonds is 8. The number of carbonyl (C=O) groups is 1. The quantitative estimate of drug-likeness (QED) is 0.717. The molecule has 1 aliphatic rings. The molecule has 4 nitrogen and oxygen atoms in total. The number of benzene rings is 1. The van der Waals surface area contributed by atoms with Crippen molar-refractivity contribution in [2.24, 2.45) is 5.73 Å². The number of ether oxygens (including phenoxy) is 1. The van der Waals surface area contributed by atoms with E-state index in [9.17, 15) is 9.18 Å². The zero-order valence-electron chi connectivity index (χ0n) is 11.3. The van der Waals surface area contributed by atoms with E-state index in [1.54, 1.807) is 0 Å². The minimum Gasteiger partial charge on any atom is -0.493 e. The van der Waals surface area contributed by atoms with Gasteiger partial charge in [-0.1, -0.05) is 6.07 Å². The molecular formula is C15H20FNO3. The molecule has 3 N–H and O–H groups in total. The highest BCUT2D eigenvalue weighted by Gasteiger charge is 2.27. The Labute approximate surface area is 117 Å². The van der Waals surface area contributed by atoms with Crippen molar-refractivity contribution in [1.29, 1.82) is 0 Å². The lowest BCUT2D eigenvalue weighted by Gasteiger charge is -2.14. The van der Waals surface area contributed by atoms with Gasteiger partial charge in [0.2, 0.25) is 0 Å².